The van der Waals surface area contributed by atoms with Crippen molar-refractivity contribution in [1.82, 2.24) is 0 Å². The molecule has 0 N–H and O–H groups in total. The lowest BCUT2D eigenvalue weighted by Gasteiger charge is -2.11. The molecular weight excluding hydrogens is 496 g/mol. The Bertz CT molecular complexity index is 1260. The number of halogens is 1. The maximum atomic E-state index is 12.7. The van der Waals surface area contributed by atoms with Gasteiger partial charge in [-0.2, -0.15) is 0 Å². The van der Waals surface area contributed by atoms with Crippen molar-refractivity contribution in [1.29, 1.82) is 0 Å². The molecule has 0 saturated carbocycles. The van der Waals surface area contributed by atoms with E-state index in [0.717, 1.165) is 38.4 Å². The van der Waals surface area contributed by atoms with Gasteiger partial charge in [-0.3, -0.25) is 4.79 Å². The zero-order chi connectivity index (χ0) is 23.0. The zero-order valence-corrected chi connectivity index (χ0v) is 20.6. The lowest BCUT2D eigenvalue weighted by Crippen LogP contribution is -1.99. The van der Waals surface area contributed by atoms with Crippen molar-refractivity contribution >= 4 is 39.1 Å². The zero-order valence-electron chi connectivity index (χ0n) is 18.2. The molecule has 0 aliphatic rings. The Balaban J connectivity index is 1.43. The fourth-order valence-corrected chi connectivity index (χ4v) is 4.73. The lowest BCUT2D eigenvalue weighted by molar-refractivity contribution is 0.105. The van der Waals surface area contributed by atoms with E-state index >= 15 is 0 Å². The first-order valence-corrected chi connectivity index (χ1v) is 12.1. The van der Waals surface area contributed by atoms with E-state index in [-0.39, 0.29) is 5.78 Å². The number of methoxy groups -OCH3 is 1. The molecule has 0 bridgehead atoms. The summed E-state index contributed by atoms with van der Waals surface area (Å²) in [6.07, 6.45) is 4.29. The van der Waals surface area contributed by atoms with Crippen molar-refractivity contribution in [3.8, 4) is 11.5 Å². The summed E-state index contributed by atoms with van der Waals surface area (Å²) < 4.78 is 12.4. The van der Waals surface area contributed by atoms with E-state index in [1.165, 1.54) is 10.4 Å². The van der Waals surface area contributed by atoms with Crippen LogP contribution in [-0.4, -0.2) is 12.9 Å². The van der Waals surface area contributed by atoms with Gasteiger partial charge < -0.3 is 9.47 Å². The summed E-state index contributed by atoms with van der Waals surface area (Å²) in [4.78, 5) is 14.6. The van der Waals surface area contributed by atoms with Crippen LogP contribution in [0.5, 0.6) is 11.5 Å². The van der Waals surface area contributed by atoms with Gasteiger partial charge in [0.15, 0.2) is 5.78 Å². The molecule has 0 amide bonds. The average molecular weight is 519 g/mol. The van der Waals surface area contributed by atoms with Crippen molar-refractivity contribution in [3.05, 3.63) is 122 Å². The van der Waals surface area contributed by atoms with Crippen molar-refractivity contribution in [2.24, 2.45) is 0 Å². The van der Waals surface area contributed by atoms with E-state index in [1.54, 1.807) is 24.5 Å². The molecule has 0 radical (unpaired) electrons. The molecule has 3 aromatic carbocycles. The summed E-state index contributed by atoms with van der Waals surface area (Å²) >= 11 is 5.00. The number of carbonyl (C=O) groups excluding carboxylic acids is 1. The van der Waals surface area contributed by atoms with Gasteiger partial charge in [-0.25, -0.2) is 0 Å². The fraction of sp³-hybridized carbons (Fsp3) is 0.107. The second-order valence-corrected chi connectivity index (χ2v) is 9.53. The summed E-state index contributed by atoms with van der Waals surface area (Å²) in [5, 5.41) is 0. The van der Waals surface area contributed by atoms with Crippen LogP contribution in [0.3, 0.4) is 0 Å². The molecule has 4 rings (SSSR count). The summed E-state index contributed by atoms with van der Waals surface area (Å²) in [5.41, 5.74) is 3.07. The molecule has 3 nitrogen and oxygen atoms in total. The van der Waals surface area contributed by atoms with Crippen LogP contribution in [0.1, 0.15) is 31.2 Å². The first-order valence-electron chi connectivity index (χ1n) is 10.5. The Morgan fingerprint density at radius 2 is 1.82 bits per heavy atom. The van der Waals surface area contributed by atoms with Gasteiger partial charge in [-0.1, -0.05) is 64.5 Å². The van der Waals surface area contributed by atoms with E-state index in [2.05, 4.69) is 28.1 Å². The minimum absolute atomic E-state index is 0.00191. The van der Waals surface area contributed by atoms with Gasteiger partial charge in [0.05, 0.1) is 12.0 Å². The van der Waals surface area contributed by atoms with E-state index in [1.807, 2.05) is 78.9 Å². The van der Waals surface area contributed by atoms with Crippen molar-refractivity contribution in [3.63, 3.8) is 0 Å². The number of rotatable bonds is 9. The number of ether oxygens (including phenoxy) is 2. The van der Waals surface area contributed by atoms with Crippen molar-refractivity contribution in [2.75, 3.05) is 7.11 Å². The van der Waals surface area contributed by atoms with Crippen molar-refractivity contribution in [2.45, 2.75) is 13.0 Å². The van der Waals surface area contributed by atoms with Gasteiger partial charge in [-0.05, 0) is 59.7 Å². The molecule has 33 heavy (non-hydrogen) atoms. The van der Waals surface area contributed by atoms with Crippen LogP contribution in [0.2, 0.25) is 0 Å². The molecule has 5 heteroatoms. The smallest absolute Gasteiger partial charge is 0.195 e. The summed E-state index contributed by atoms with van der Waals surface area (Å²) in [7, 11) is 1.64. The van der Waals surface area contributed by atoms with Gasteiger partial charge in [0, 0.05) is 21.3 Å². The summed E-state index contributed by atoms with van der Waals surface area (Å²) in [6, 6.07) is 27.7. The van der Waals surface area contributed by atoms with Crippen molar-refractivity contribution < 1.29 is 14.3 Å². The number of benzene rings is 3. The van der Waals surface area contributed by atoms with E-state index in [0.29, 0.717) is 6.61 Å². The normalized spacial score (nSPS) is 11.0. The topological polar surface area (TPSA) is 35.5 Å². The second kappa shape index (κ2) is 11.1. The number of ketones is 1. The SMILES string of the molecule is COc1ccc(/C=C/C(=O)c2ccc(Cc3ccccc3)s2)cc1COc1cccc(Br)c1. The minimum atomic E-state index is 0.00191. The van der Waals surface area contributed by atoms with Gasteiger partial charge in [0.2, 0.25) is 0 Å². The standard InChI is InChI=1S/C28H23BrO3S/c1-31-27-14-11-21(16-22(27)19-32-24-9-5-8-23(29)18-24)10-13-26(30)28-15-12-25(33-28)17-20-6-3-2-4-7-20/h2-16,18H,17,19H2,1H3/b13-10+. The number of hydrogen-bond acceptors (Lipinski definition) is 4. The lowest BCUT2D eigenvalue weighted by atomic mass is 10.1. The highest BCUT2D eigenvalue weighted by atomic mass is 79.9. The highest BCUT2D eigenvalue weighted by molar-refractivity contribution is 9.10. The van der Waals surface area contributed by atoms with Gasteiger partial charge >= 0.3 is 0 Å². The number of allylic oxidation sites excluding steroid dienone is 1. The Kier molecular flexibility index (Phi) is 7.76. The Labute approximate surface area is 206 Å². The predicted molar refractivity (Wildman–Crippen MR) is 138 cm³/mol. The maximum absolute atomic E-state index is 12.7. The van der Waals surface area contributed by atoms with Crippen LogP contribution in [-0.2, 0) is 13.0 Å². The maximum Gasteiger partial charge on any atom is 0.195 e. The third-order valence-corrected chi connectivity index (χ3v) is 6.64. The van der Waals surface area contributed by atoms with Crippen LogP contribution in [0, 0.1) is 0 Å². The Morgan fingerprint density at radius 1 is 0.970 bits per heavy atom. The molecule has 1 heterocycles. The van der Waals surface area contributed by atoms with Crippen LogP contribution < -0.4 is 9.47 Å². The molecule has 4 aromatic rings. The van der Waals surface area contributed by atoms with Gasteiger partial charge in [0.25, 0.3) is 0 Å². The van der Waals surface area contributed by atoms with Gasteiger partial charge in [0.1, 0.15) is 18.1 Å². The summed E-state index contributed by atoms with van der Waals surface area (Å²) in [6.45, 7) is 0.364. The average Bonchev–Trinajstić information content (AvgIpc) is 3.30. The molecule has 0 unspecified atom stereocenters. The van der Waals surface area contributed by atoms with Crippen LogP contribution in [0.25, 0.3) is 6.08 Å². The molecule has 0 atom stereocenters. The Morgan fingerprint density at radius 3 is 2.61 bits per heavy atom. The van der Waals surface area contributed by atoms with E-state index in [4.69, 9.17) is 9.47 Å². The minimum Gasteiger partial charge on any atom is -0.496 e. The monoisotopic (exact) mass is 518 g/mol. The number of thiophene rings is 1. The first kappa shape index (κ1) is 23.0. The molecule has 0 aliphatic heterocycles. The molecule has 1 aromatic heterocycles. The second-order valence-electron chi connectivity index (χ2n) is 7.44. The van der Waals surface area contributed by atoms with E-state index in [9.17, 15) is 4.79 Å². The first-order chi connectivity index (χ1) is 16.1. The van der Waals surface area contributed by atoms with Crippen LogP contribution in [0.4, 0.5) is 0 Å². The number of hydrogen-bond donors (Lipinski definition) is 0. The van der Waals surface area contributed by atoms with E-state index < -0.39 is 0 Å². The molecule has 0 spiro atoms. The molecule has 166 valence electrons. The molecule has 0 fully saturated rings. The third kappa shape index (κ3) is 6.44. The molecule has 0 saturated heterocycles. The predicted octanol–water partition coefficient (Wildman–Crippen LogP) is 7.59. The Hall–Kier alpha value is -3.15. The third-order valence-electron chi connectivity index (χ3n) is 5.05. The van der Waals surface area contributed by atoms with Crippen LogP contribution in [0.15, 0.2) is 95.5 Å². The van der Waals surface area contributed by atoms with Gasteiger partial charge in [-0.15, -0.1) is 11.3 Å². The molecule has 0 aliphatic carbocycles. The highest BCUT2D eigenvalue weighted by Gasteiger charge is 2.09. The quantitative estimate of drug-likeness (QED) is 0.169. The molecular formula is C28H23BrO3S. The largest absolute Gasteiger partial charge is 0.496 e. The number of carbonyl (C=O) groups is 1. The highest BCUT2D eigenvalue weighted by Crippen LogP contribution is 2.25. The van der Waals surface area contributed by atoms with Crippen LogP contribution >= 0.6 is 27.3 Å². The fourth-order valence-electron chi connectivity index (χ4n) is 3.39. The summed E-state index contributed by atoms with van der Waals surface area (Å²) in [5.74, 6) is 1.52.